The summed E-state index contributed by atoms with van der Waals surface area (Å²) < 4.78 is 5.43. The Kier molecular flexibility index (Phi) is 4.20. The molecule has 3 unspecified atom stereocenters. The summed E-state index contributed by atoms with van der Waals surface area (Å²) in [4.78, 5) is 15.0. The average molecular weight is 335 g/mol. The molecule has 1 amide bonds. The Morgan fingerprint density at radius 3 is 2.74 bits per heavy atom. The molecule has 1 aromatic carbocycles. The van der Waals surface area contributed by atoms with Crippen molar-refractivity contribution in [1.29, 1.82) is 0 Å². The lowest BCUT2D eigenvalue weighted by molar-refractivity contribution is -0.121. The van der Waals surface area contributed by atoms with Crippen LogP contribution in [0.5, 0.6) is 0 Å². The summed E-state index contributed by atoms with van der Waals surface area (Å²) in [5.74, 6) is 1.72. The van der Waals surface area contributed by atoms with Gasteiger partial charge in [-0.3, -0.25) is 4.79 Å². The lowest BCUT2D eigenvalue weighted by Gasteiger charge is -2.31. The number of morpholine rings is 1. The fourth-order valence-corrected chi connectivity index (χ4v) is 4.65. The Morgan fingerprint density at radius 2 is 2.04 bits per heavy atom. The van der Waals surface area contributed by atoms with Crippen molar-refractivity contribution in [1.82, 2.24) is 0 Å². The summed E-state index contributed by atoms with van der Waals surface area (Å²) >= 11 is 6.17. The van der Waals surface area contributed by atoms with Crippen molar-refractivity contribution in [3.8, 4) is 0 Å². The Labute approximate surface area is 142 Å². The predicted molar refractivity (Wildman–Crippen MR) is 92.1 cm³/mol. The molecule has 2 aliphatic carbocycles. The van der Waals surface area contributed by atoms with Crippen molar-refractivity contribution in [2.75, 3.05) is 36.5 Å². The van der Waals surface area contributed by atoms with Crippen molar-refractivity contribution < 1.29 is 9.53 Å². The molecule has 5 heteroatoms. The maximum Gasteiger partial charge on any atom is 0.227 e. The van der Waals surface area contributed by atoms with Crippen LogP contribution in [0, 0.1) is 17.8 Å². The number of carbonyl (C=O) groups is 1. The molecule has 4 rings (SSSR count). The lowest BCUT2D eigenvalue weighted by Crippen LogP contribution is -2.37. The van der Waals surface area contributed by atoms with Gasteiger partial charge in [-0.1, -0.05) is 18.0 Å². The van der Waals surface area contributed by atoms with E-state index in [1.165, 1.54) is 19.3 Å². The smallest absolute Gasteiger partial charge is 0.227 e. The molecule has 3 aliphatic rings. The molecule has 3 fully saturated rings. The van der Waals surface area contributed by atoms with Crippen LogP contribution in [0.15, 0.2) is 18.2 Å². The van der Waals surface area contributed by atoms with Gasteiger partial charge in [-0.2, -0.15) is 0 Å². The minimum Gasteiger partial charge on any atom is -0.378 e. The number of amides is 1. The van der Waals surface area contributed by atoms with Crippen LogP contribution in [0.1, 0.15) is 25.7 Å². The van der Waals surface area contributed by atoms with Crippen LogP contribution >= 0.6 is 11.6 Å². The van der Waals surface area contributed by atoms with Gasteiger partial charge >= 0.3 is 0 Å². The van der Waals surface area contributed by atoms with Crippen LogP contribution in [-0.2, 0) is 9.53 Å². The zero-order valence-corrected chi connectivity index (χ0v) is 14.0. The summed E-state index contributed by atoms with van der Waals surface area (Å²) in [7, 11) is 0. The molecule has 0 radical (unpaired) electrons. The molecule has 1 aromatic rings. The van der Waals surface area contributed by atoms with Crippen LogP contribution in [-0.4, -0.2) is 32.2 Å². The average Bonchev–Trinajstić information content (AvgIpc) is 3.19. The maximum atomic E-state index is 12.8. The van der Waals surface area contributed by atoms with Crippen LogP contribution in [0.3, 0.4) is 0 Å². The zero-order valence-electron chi connectivity index (χ0n) is 13.3. The monoisotopic (exact) mass is 334 g/mol. The van der Waals surface area contributed by atoms with Gasteiger partial charge in [0.15, 0.2) is 0 Å². The normalized spacial score (nSPS) is 29.8. The Hall–Kier alpha value is -1.26. The molecule has 23 heavy (non-hydrogen) atoms. The summed E-state index contributed by atoms with van der Waals surface area (Å²) in [5, 5.41) is 3.83. The number of rotatable bonds is 3. The number of hydrogen-bond acceptors (Lipinski definition) is 3. The number of ether oxygens (including phenoxy) is 1. The fraction of sp³-hybridized carbons (Fsp3) is 0.611. The quantitative estimate of drug-likeness (QED) is 0.919. The first-order valence-electron chi connectivity index (χ1n) is 8.64. The first kappa shape index (κ1) is 15.3. The maximum absolute atomic E-state index is 12.8. The van der Waals surface area contributed by atoms with Gasteiger partial charge in [0.05, 0.1) is 24.6 Å². The number of nitrogens with zero attached hydrogens (tertiary/aromatic N) is 1. The molecule has 124 valence electrons. The van der Waals surface area contributed by atoms with Crippen molar-refractivity contribution in [2.45, 2.75) is 25.7 Å². The molecule has 3 atom stereocenters. The molecule has 1 aliphatic heterocycles. The van der Waals surface area contributed by atoms with Crippen molar-refractivity contribution >= 4 is 28.9 Å². The molecule has 1 heterocycles. The fourth-order valence-electron chi connectivity index (χ4n) is 4.48. The second kappa shape index (κ2) is 6.33. The van der Waals surface area contributed by atoms with Gasteiger partial charge in [-0.25, -0.2) is 0 Å². The SMILES string of the molecule is O=C(Nc1cc(Cl)ccc1N1CCOCC1)C1CC2CCC1C2. The zero-order chi connectivity index (χ0) is 15.8. The number of nitrogens with one attached hydrogen (secondary N) is 1. The number of halogens is 1. The second-order valence-electron chi connectivity index (χ2n) is 7.03. The van der Waals surface area contributed by atoms with Crippen LogP contribution < -0.4 is 10.2 Å². The summed E-state index contributed by atoms with van der Waals surface area (Å²) in [6.07, 6.45) is 4.83. The van der Waals surface area contributed by atoms with E-state index < -0.39 is 0 Å². The molecule has 1 N–H and O–H groups in total. The third-order valence-electron chi connectivity index (χ3n) is 5.64. The summed E-state index contributed by atoms with van der Waals surface area (Å²) in [5.41, 5.74) is 1.89. The van der Waals surface area contributed by atoms with Gasteiger partial charge in [0.2, 0.25) is 5.91 Å². The number of carbonyl (C=O) groups excluding carboxylic acids is 1. The van der Waals surface area contributed by atoms with E-state index in [2.05, 4.69) is 10.2 Å². The van der Waals surface area contributed by atoms with E-state index in [-0.39, 0.29) is 11.8 Å². The molecule has 0 aromatic heterocycles. The van der Waals surface area contributed by atoms with Crippen LogP contribution in [0.4, 0.5) is 11.4 Å². The van der Waals surface area contributed by atoms with Gasteiger partial charge in [0.1, 0.15) is 0 Å². The highest BCUT2D eigenvalue weighted by molar-refractivity contribution is 6.31. The minimum absolute atomic E-state index is 0.175. The third kappa shape index (κ3) is 3.07. The molecule has 2 bridgehead atoms. The third-order valence-corrected chi connectivity index (χ3v) is 5.88. The number of hydrogen-bond donors (Lipinski definition) is 1. The van der Waals surface area contributed by atoms with E-state index in [0.717, 1.165) is 50.0 Å². The van der Waals surface area contributed by atoms with E-state index in [9.17, 15) is 4.79 Å². The molecule has 4 nitrogen and oxygen atoms in total. The first-order valence-corrected chi connectivity index (χ1v) is 9.01. The number of fused-ring (bicyclic) bond motifs is 2. The topological polar surface area (TPSA) is 41.6 Å². The molecule has 1 saturated heterocycles. The first-order chi connectivity index (χ1) is 11.2. The van der Waals surface area contributed by atoms with E-state index in [1.54, 1.807) is 0 Å². The van der Waals surface area contributed by atoms with Gasteiger partial charge in [0, 0.05) is 24.0 Å². The van der Waals surface area contributed by atoms with Gasteiger partial charge in [-0.15, -0.1) is 0 Å². The predicted octanol–water partition coefficient (Wildman–Crippen LogP) is 3.55. The van der Waals surface area contributed by atoms with Crippen molar-refractivity contribution in [3.63, 3.8) is 0 Å². The number of anilines is 2. The molecular formula is C18H23ClN2O2. The number of benzene rings is 1. The van der Waals surface area contributed by atoms with E-state index in [1.807, 2.05) is 18.2 Å². The van der Waals surface area contributed by atoms with E-state index in [0.29, 0.717) is 10.9 Å². The highest BCUT2D eigenvalue weighted by Gasteiger charge is 2.43. The highest BCUT2D eigenvalue weighted by Crippen LogP contribution is 2.48. The highest BCUT2D eigenvalue weighted by atomic mass is 35.5. The summed E-state index contributed by atoms with van der Waals surface area (Å²) in [6, 6.07) is 5.76. The second-order valence-corrected chi connectivity index (χ2v) is 7.47. The minimum atomic E-state index is 0.175. The molecular weight excluding hydrogens is 312 g/mol. The standard InChI is InChI=1S/C18H23ClN2O2/c19-14-3-4-17(21-5-7-23-8-6-21)16(11-14)20-18(22)15-10-12-1-2-13(15)9-12/h3-4,11-13,15H,1-2,5-10H2,(H,20,22). The van der Waals surface area contributed by atoms with E-state index >= 15 is 0 Å². The lowest BCUT2D eigenvalue weighted by atomic mass is 9.88. The Bertz CT molecular complexity index is 601. The van der Waals surface area contributed by atoms with Crippen LogP contribution in [0.25, 0.3) is 0 Å². The van der Waals surface area contributed by atoms with Crippen molar-refractivity contribution in [2.24, 2.45) is 17.8 Å². The van der Waals surface area contributed by atoms with Crippen molar-refractivity contribution in [3.05, 3.63) is 23.2 Å². The van der Waals surface area contributed by atoms with Gasteiger partial charge in [0.25, 0.3) is 0 Å². The Balaban J connectivity index is 1.53. The largest absolute Gasteiger partial charge is 0.378 e. The summed E-state index contributed by atoms with van der Waals surface area (Å²) in [6.45, 7) is 3.14. The molecule has 0 spiro atoms. The van der Waals surface area contributed by atoms with Gasteiger partial charge < -0.3 is 15.0 Å². The van der Waals surface area contributed by atoms with E-state index in [4.69, 9.17) is 16.3 Å². The van der Waals surface area contributed by atoms with Crippen LogP contribution in [0.2, 0.25) is 5.02 Å². The molecule has 2 saturated carbocycles. The van der Waals surface area contributed by atoms with Gasteiger partial charge in [-0.05, 0) is 49.3 Å². The Morgan fingerprint density at radius 1 is 1.22 bits per heavy atom.